The minimum Gasteiger partial charge on any atom is -0.397 e. The van der Waals surface area contributed by atoms with Gasteiger partial charge in [0.15, 0.2) is 0 Å². The molecule has 2 aromatic rings. The Balaban J connectivity index is 2.51. The zero-order valence-electron chi connectivity index (χ0n) is 11.2. The van der Waals surface area contributed by atoms with Gasteiger partial charge < -0.3 is 10.6 Å². The number of pyridine rings is 1. The standard InChI is InChI=1S/C15H21N3/c1-3-10-18(11-4-2)14-8-9-17-15-12(14)6-5-7-13(15)16/h5-9H,3-4,10-11,16H2,1-2H3. The Morgan fingerprint density at radius 2 is 1.83 bits per heavy atom. The number of hydrogen-bond acceptors (Lipinski definition) is 3. The summed E-state index contributed by atoms with van der Waals surface area (Å²) in [7, 11) is 0. The van der Waals surface area contributed by atoms with E-state index in [1.807, 2.05) is 18.3 Å². The molecule has 0 radical (unpaired) electrons. The van der Waals surface area contributed by atoms with Crippen LogP contribution in [0.1, 0.15) is 26.7 Å². The molecule has 0 spiro atoms. The van der Waals surface area contributed by atoms with Crippen molar-refractivity contribution >= 4 is 22.3 Å². The normalized spacial score (nSPS) is 10.8. The summed E-state index contributed by atoms with van der Waals surface area (Å²) in [6.45, 7) is 6.56. The molecule has 1 heterocycles. The molecule has 0 amide bonds. The Bertz CT molecular complexity index is 516. The molecule has 0 aliphatic carbocycles. The molecular formula is C15H21N3. The van der Waals surface area contributed by atoms with Crippen molar-refractivity contribution < 1.29 is 0 Å². The van der Waals surface area contributed by atoms with Gasteiger partial charge in [-0.3, -0.25) is 4.98 Å². The van der Waals surface area contributed by atoms with E-state index in [-0.39, 0.29) is 0 Å². The number of rotatable bonds is 5. The van der Waals surface area contributed by atoms with E-state index in [0.29, 0.717) is 0 Å². The average molecular weight is 243 g/mol. The third-order valence-corrected chi connectivity index (χ3v) is 3.11. The van der Waals surface area contributed by atoms with E-state index in [0.717, 1.165) is 42.5 Å². The van der Waals surface area contributed by atoms with Crippen LogP contribution in [0.5, 0.6) is 0 Å². The predicted molar refractivity (Wildman–Crippen MR) is 79.0 cm³/mol. The zero-order valence-corrected chi connectivity index (χ0v) is 11.2. The zero-order chi connectivity index (χ0) is 13.0. The summed E-state index contributed by atoms with van der Waals surface area (Å²) < 4.78 is 0. The monoisotopic (exact) mass is 243 g/mol. The predicted octanol–water partition coefficient (Wildman–Crippen LogP) is 3.44. The van der Waals surface area contributed by atoms with Crippen molar-refractivity contribution in [1.82, 2.24) is 4.98 Å². The van der Waals surface area contributed by atoms with Crippen molar-refractivity contribution in [3.05, 3.63) is 30.5 Å². The van der Waals surface area contributed by atoms with Crippen molar-refractivity contribution in [2.24, 2.45) is 0 Å². The van der Waals surface area contributed by atoms with Crippen molar-refractivity contribution in [2.45, 2.75) is 26.7 Å². The van der Waals surface area contributed by atoms with Gasteiger partial charge in [-0.15, -0.1) is 0 Å². The van der Waals surface area contributed by atoms with Crippen LogP contribution in [-0.4, -0.2) is 18.1 Å². The van der Waals surface area contributed by atoms with Gasteiger partial charge in [0.25, 0.3) is 0 Å². The lowest BCUT2D eigenvalue weighted by Gasteiger charge is -2.25. The van der Waals surface area contributed by atoms with Gasteiger partial charge in [-0.25, -0.2) is 0 Å². The number of benzene rings is 1. The van der Waals surface area contributed by atoms with E-state index in [2.05, 4.69) is 35.9 Å². The molecule has 2 N–H and O–H groups in total. The molecule has 0 fully saturated rings. The van der Waals surface area contributed by atoms with E-state index in [1.54, 1.807) is 0 Å². The molecule has 0 aliphatic rings. The topological polar surface area (TPSA) is 42.2 Å². The summed E-state index contributed by atoms with van der Waals surface area (Å²) >= 11 is 0. The SMILES string of the molecule is CCCN(CCC)c1ccnc2c(N)cccc12. The second kappa shape index (κ2) is 5.71. The lowest BCUT2D eigenvalue weighted by Crippen LogP contribution is -2.25. The van der Waals surface area contributed by atoms with E-state index in [4.69, 9.17) is 5.73 Å². The summed E-state index contributed by atoms with van der Waals surface area (Å²) in [4.78, 5) is 6.81. The Kier molecular flexibility index (Phi) is 4.03. The van der Waals surface area contributed by atoms with Gasteiger partial charge in [0.2, 0.25) is 0 Å². The van der Waals surface area contributed by atoms with Crippen LogP contribution in [0.4, 0.5) is 11.4 Å². The first-order valence-electron chi connectivity index (χ1n) is 6.66. The van der Waals surface area contributed by atoms with Crippen LogP contribution in [-0.2, 0) is 0 Å². The first-order valence-corrected chi connectivity index (χ1v) is 6.66. The molecule has 0 aliphatic heterocycles. The second-order valence-corrected chi connectivity index (χ2v) is 4.56. The van der Waals surface area contributed by atoms with Crippen LogP contribution < -0.4 is 10.6 Å². The first-order chi connectivity index (χ1) is 8.77. The highest BCUT2D eigenvalue weighted by molar-refractivity contribution is 5.97. The molecule has 3 heteroatoms. The number of anilines is 2. The van der Waals surface area contributed by atoms with Gasteiger partial charge >= 0.3 is 0 Å². The highest BCUT2D eigenvalue weighted by atomic mass is 15.1. The highest BCUT2D eigenvalue weighted by Crippen LogP contribution is 2.28. The van der Waals surface area contributed by atoms with Crippen LogP contribution in [0, 0.1) is 0 Å². The fraction of sp³-hybridized carbons (Fsp3) is 0.400. The van der Waals surface area contributed by atoms with Crippen molar-refractivity contribution in [1.29, 1.82) is 0 Å². The molecule has 0 unspecified atom stereocenters. The second-order valence-electron chi connectivity index (χ2n) is 4.56. The maximum atomic E-state index is 5.99. The Morgan fingerprint density at radius 1 is 1.11 bits per heavy atom. The van der Waals surface area contributed by atoms with Crippen LogP contribution in [0.2, 0.25) is 0 Å². The molecule has 18 heavy (non-hydrogen) atoms. The van der Waals surface area contributed by atoms with Crippen molar-refractivity contribution in [3.8, 4) is 0 Å². The van der Waals surface area contributed by atoms with Gasteiger partial charge in [-0.2, -0.15) is 0 Å². The number of aromatic nitrogens is 1. The smallest absolute Gasteiger partial charge is 0.0951 e. The average Bonchev–Trinajstić information content (AvgIpc) is 2.38. The van der Waals surface area contributed by atoms with Crippen LogP contribution in [0.3, 0.4) is 0 Å². The summed E-state index contributed by atoms with van der Waals surface area (Å²) in [5.41, 5.74) is 8.90. The largest absolute Gasteiger partial charge is 0.397 e. The highest BCUT2D eigenvalue weighted by Gasteiger charge is 2.10. The van der Waals surface area contributed by atoms with E-state index in [1.165, 1.54) is 5.69 Å². The number of nitrogens with zero attached hydrogens (tertiary/aromatic N) is 2. The number of nitrogens with two attached hydrogens (primary N) is 1. The molecule has 1 aromatic carbocycles. The summed E-state index contributed by atoms with van der Waals surface area (Å²) in [6, 6.07) is 8.10. The van der Waals surface area contributed by atoms with Crippen molar-refractivity contribution in [3.63, 3.8) is 0 Å². The van der Waals surface area contributed by atoms with Gasteiger partial charge in [-0.05, 0) is 25.0 Å². The molecule has 1 aromatic heterocycles. The van der Waals surface area contributed by atoms with Gasteiger partial charge in [-0.1, -0.05) is 26.0 Å². The van der Waals surface area contributed by atoms with E-state index >= 15 is 0 Å². The Morgan fingerprint density at radius 3 is 2.50 bits per heavy atom. The third-order valence-electron chi connectivity index (χ3n) is 3.11. The minimum absolute atomic E-state index is 0.752. The fourth-order valence-electron chi connectivity index (χ4n) is 2.35. The molecular weight excluding hydrogens is 222 g/mol. The van der Waals surface area contributed by atoms with E-state index < -0.39 is 0 Å². The molecule has 96 valence electrons. The van der Waals surface area contributed by atoms with Crippen LogP contribution in [0.15, 0.2) is 30.5 Å². The number of hydrogen-bond donors (Lipinski definition) is 1. The maximum absolute atomic E-state index is 5.99. The van der Waals surface area contributed by atoms with Crippen LogP contribution in [0.25, 0.3) is 10.9 Å². The molecule has 0 saturated carbocycles. The van der Waals surface area contributed by atoms with Gasteiger partial charge in [0.1, 0.15) is 0 Å². The molecule has 0 atom stereocenters. The molecule has 3 nitrogen and oxygen atoms in total. The van der Waals surface area contributed by atoms with Gasteiger partial charge in [0, 0.05) is 30.4 Å². The Labute approximate surface area is 109 Å². The van der Waals surface area contributed by atoms with Crippen LogP contribution >= 0.6 is 0 Å². The summed E-state index contributed by atoms with van der Waals surface area (Å²) in [6.07, 6.45) is 4.14. The number of para-hydroxylation sites is 1. The van der Waals surface area contributed by atoms with Gasteiger partial charge in [0.05, 0.1) is 11.2 Å². The summed E-state index contributed by atoms with van der Waals surface area (Å²) in [5.74, 6) is 0. The van der Waals surface area contributed by atoms with E-state index in [9.17, 15) is 0 Å². The molecule has 0 saturated heterocycles. The minimum atomic E-state index is 0.752. The first kappa shape index (κ1) is 12.7. The fourth-order valence-corrected chi connectivity index (χ4v) is 2.35. The lowest BCUT2D eigenvalue weighted by molar-refractivity contribution is 0.747. The molecule has 0 bridgehead atoms. The lowest BCUT2D eigenvalue weighted by atomic mass is 10.1. The molecule has 2 rings (SSSR count). The number of nitrogen functional groups attached to an aromatic ring is 1. The van der Waals surface area contributed by atoms with Crippen molar-refractivity contribution in [2.75, 3.05) is 23.7 Å². The third kappa shape index (κ3) is 2.40. The maximum Gasteiger partial charge on any atom is 0.0951 e. The number of fused-ring (bicyclic) bond motifs is 1. The Hall–Kier alpha value is -1.77. The quantitative estimate of drug-likeness (QED) is 0.818. The summed E-state index contributed by atoms with van der Waals surface area (Å²) in [5, 5.41) is 1.15.